The predicted molar refractivity (Wildman–Crippen MR) is 80.2 cm³/mol. The van der Waals surface area contributed by atoms with Crippen molar-refractivity contribution in [2.24, 2.45) is 5.92 Å². The maximum Gasteiger partial charge on any atom is 0.326 e. The molecule has 1 heterocycles. The van der Waals surface area contributed by atoms with Crippen molar-refractivity contribution in [3.63, 3.8) is 0 Å². The molecule has 120 valence electrons. The van der Waals surface area contributed by atoms with Crippen molar-refractivity contribution in [3.05, 3.63) is 12.7 Å². The second-order valence-electron chi connectivity index (χ2n) is 5.27. The summed E-state index contributed by atoms with van der Waals surface area (Å²) < 4.78 is 5.30. The Morgan fingerprint density at radius 3 is 2.86 bits per heavy atom. The molecule has 2 N–H and O–H groups in total. The van der Waals surface area contributed by atoms with Crippen LogP contribution < -0.4 is 5.32 Å². The molecule has 6 nitrogen and oxygen atoms in total. The van der Waals surface area contributed by atoms with Crippen LogP contribution in [0.4, 0.5) is 4.79 Å². The lowest BCUT2D eigenvalue weighted by molar-refractivity contribution is -0.144. The van der Waals surface area contributed by atoms with E-state index in [2.05, 4.69) is 18.8 Å². The van der Waals surface area contributed by atoms with Crippen LogP contribution in [0.15, 0.2) is 12.7 Å². The fourth-order valence-electron chi connectivity index (χ4n) is 2.49. The summed E-state index contributed by atoms with van der Waals surface area (Å²) >= 11 is 0. The van der Waals surface area contributed by atoms with Crippen LogP contribution in [0.2, 0.25) is 0 Å². The number of carbonyl (C=O) groups is 2. The van der Waals surface area contributed by atoms with E-state index < -0.39 is 12.0 Å². The summed E-state index contributed by atoms with van der Waals surface area (Å²) in [6.45, 7) is 7.53. The summed E-state index contributed by atoms with van der Waals surface area (Å²) in [7, 11) is 0. The molecule has 0 aromatic heterocycles. The SMILES string of the molecule is C=CCCOCCNC(=O)N1CCC(CC)CC1C(=O)O. The summed E-state index contributed by atoms with van der Waals surface area (Å²) in [6, 6.07) is -1.03. The van der Waals surface area contributed by atoms with Gasteiger partial charge < -0.3 is 20.1 Å². The summed E-state index contributed by atoms with van der Waals surface area (Å²) in [5.74, 6) is -0.539. The maximum atomic E-state index is 12.1. The highest BCUT2D eigenvalue weighted by Crippen LogP contribution is 2.25. The summed E-state index contributed by atoms with van der Waals surface area (Å²) in [5, 5.41) is 12.0. The fourth-order valence-corrected chi connectivity index (χ4v) is 2.49. The van der Waals surface area contributed by atoms with E-state index >= 15 is 0 Å². The number of carboxylic acid groups (broad SMARTS) is 1. The standard InChI is InChI=1S/C15H26N2O4/c1-3-5-9-21-10-7-16-15(20)17-8-6-12(4-2)11-13(17)14(18)19/h3,12-13H,1,4-11H2,2H3,(H,16,20)(H,18,19). The first-order valence-electron chi connectivity index (χ1n) is 7.56. The number of nitrogens with one attached hydrogen (secondary N) is 1. The minimum absolute atomic E-state index is 0.315. The second kappa shape index (κ2) is 9.39. The average Bonchev–Trinajstić information content (AvgIpc) is 2.49. The molecule has 0 aliphatic carbocycles. The van der Waals surface area contributed by atoms with Crippen LogP contribution in [0.25, 0.3) is 0 Å². The van der Waals surface area contributed by atoms with Crippen LogP contribution in [0, 0.1) is 5.92 Å². The number of urea groups is 1. The van der Waals surface area contributed by atoms with Crippen LogP contribution in [0.3, 0.4) is 0 Å². The van der Waals surface area contributed by atoms with Gasteiger partial charge in [0.05, 0.1) is 13.2 Å². The third-order valence-electron chi connectivity index (χ3n) is 3.82. The molecule has 2 unspecified atom stereocenters. The van der Waals surface area contributed by atoms with Crippen molar-refractivity contribution in [3.8, 4) is 0 Å². The largest absolute Gasteiger partial charge is 0.480 e. The lowest BCUT2D eigenvalue weighted by Crippen LogP contribution is -2.53. The number of carbonyl (C=O) groups excluding carboxylic acids is 1. The Labute approximate surface area is 126 Å². The van der Waals surface area contributed by atoms with Gasteiger partial charge in [0.2, 0.25) is 0 Å². The summed E-state index contributed by atoms with van der Waals surface area (Å²) in [5.41, 5.74) is 0. The molecule has 0 radical (unpaired) electrons. The van der Waals surface area contributed by atoms with Gasteiger partial charge in [-0.25, -0.2) is 9.59 Å². The third kappa shape index (κ3) is 5.75. The van der Waals surface area contributed by atoms with E-state index in [1.807, 2.05) is 0 Å². The van der Waals surface area contributed by atoms with E-state index in [4.69, 9.17) is 4.74 Å². The zero-order valence-corrected chi connectivity index (χ0v) is 12.7. The van der Waals surface area contributed by atoms with E-state index in [-0.39, 0.29) is 6.03 Å². The van der Waals surface area contributed by atoms with Crippen molar-refractivity contribution in [2.45, 2.75) is 38.6 Å². The molecule has 1 fully saturated rings. The number of carboxylic acids is 1. The van der Waals surface area contributed by atoms with Crippen molar-refractivity contribution < 1.29 is 19.4 Å². The monoisotopic (exact) mass is 298 g/mol. The Bertz CT molecular complexity index is 360. The van der Waals surface area contributed by atoms with Crippen molar-refractivity contribution in [2.75, 3.05) is 26.3 Å². The number of piperidine rings is 1. The molecular formula is C15H26N2O4. The maximum absolute atomic E-state index is 12.1. The molecule has 6 heteroatoms. The van der Waals surface area contributed by atoms with Gasteiger partial charge in [0, 0.05) is 13.1 Å². The Hall–Kier alpha value is -1.56. The predicted octanol–water partition coefficient (Wildman–Crippen LogP) is 1.86. The highest BCUT2D eigenvalue weighted by molar-refractivity contribution is 5.82. The number of nitrogens with zero attached hydrogens (tertiary/aromatic N) is 1. The Morgan fingerprint density at radius 1 is 1.48 bits per heavy atom. The van der Waals surface area contributed by atoms with Crippen LogP contribution >= 0.6 is 0 Å². The number of amides is 2. The first-order valence-corrected chi connectivity index (χ1v) is 7.56. The van der Waals surface area contributed by atoms with E-state index in [1.54, 1.807) is 6.08 Å². The number of hydrogen-bond acceptors (Lipinski definition) is 3. The van der Waals surface area contributed by atoms with E-state index in [9.17, 15) is 14.7 Å². The van der Waals surface area contributed by atoms with Gasteiger partial charge >= 0.3 is 12.0 Å². The summed E-state index contributed by atoms with van der Waals surface area (Å²) in [6.07, 6.45) is 4.91. The van der Waals surface area contributed by atoms with Crippen LogP contribution in [0.5, 0.6) is 0 Å². The molecule has 0 aromatic rings. The molecule has 2 amide bonds. The number of rotatable bonds is 8. The smallest absolute Gasteiger partial charge is 0.326 e. The number of ether oxygens (including phenoxy) is 1. The van der Waals surface area contributed by atoms with Crippen LogP contribution in [-0.4, -0.2) is 54.4 Å². The normalized spacial score (nSPS) is 21.9. The highest BCUT2D eigenvalue weighted by Gasteiger charge is 2.35. The topological polar surface area (TPSA) is 78.9 Å². The molecule has 0 bridgehead atoms. The molecule has 1 rings (SSSR count). The molecule has 0 saturated carbocycles. The first kappa shape index (κ1) is 17.5. The van der Waals surface area contributed by atoms with Gasteiger partial charge in [-0.05, 0) is 25.2 Å². The minimum atomic E-state index is -0.925. The zero-order chi connectivity index (χ0) is 15.7. The van der Waals surface area contributed by atoms with Crippen molar-refractivity contribution in [1.29, 1.82) is 0 Å². The third-order valence-corrected chi connectivity index (χ3v) is 3.82. The van der Waals surface area contributed by atoms with Gasteiger partial charge in [-0.3, -0.25) is 0 Å². The van der Waals surface area contributed by atoms with Gasteiger partial charge in [-0.2, -0.15) is 0 Å². The number of hydrogen-bond donors (Lipinski definition) is 2. The van der Waals surface area contributed by atoms with Gasteiger partial charge in [0.25, 0.3) is 0 Å². The van der Waals surface area contributed by atoms with Crippen LogP contribution in [0.1, 0.15) is 32.6 Å². The summed E-state index contributed by atoms with van der Waals surface area (Å²) in [4.78, 5) is 24.8. The quantitative estimate of drug-likeness (QED) is 0.529. The van der Waals surface area contributed by atoms with Crippen LogP contribution in [-0.2, 0) is 9.53 Å². The average molecular weight is 298 g/mol. The molecule has 2 atom stereocenters. The molecule has 21 heavy (non-hydrogen) atoms. The van der Waals surface area contributed by atoms with Crippen molar-refractivity contribution in [1.82, 2.24) is 10.2 Å². The first-order chi connectivity index (χ1) is 10.1. The molecule has 1 saturated heterocycles. The van der Waals surface area contributed by atoms with Gasteiger partial charge in [-0.1, -0.05) is 19.4 Å². The van der Waals surface area contributed by atoms with E-state index in [0.717, 1.165) is 19.3 Å². The Morgan fingerprint density at radius 2 is 2.24 bits per heavy atom. The minimum Gasteiger partial charge on any atom is -0.480 e. The molecule has 1 aliphatic heterocycles. The van der Waals surface area contributed by atoms with Gasteiger partial charge in [-0.15, -0.1) is 6.58 Å². The Kier molecular flexibility index (Phi) is 7.82. The number of aliphatic carboxylic acids is 1. The lowest BCUT2D eigenvalue weighted by atomic mass is 9.89. The van der Waals surface area contributed by atoms with E-state index in [1.165, 1.54) is 4.90 Å². The second-order valence-corrected chi connectivity index (χ2v) is 5.27. The lowest BCUT2D eigenvalue weighted by Gasteiger charge is -2.36. The zero-order valence-electron chi connectivity index (χ0n) is 12.7. The fraction of sp³-hybridized carbons (Fsp3) is 0.733. The Balaban J connectivity index is 2.37. The molecule has 0 aromatic carbocycles. The number of likely N-dealkylation sites (tertiary alicyclic amines) is 1. The molecule has 1 aliphatic rings. The van der Waals surface area contributed by atoms with Gasteiger partial charge in [0.15, 0.2) is 0 Å². The van der Waals surface area contributed by atoms with Crippen molar-refractivity contribution >= 4 is 12.0 Å². The molecular weight excluding hydrogens is 272 g/mol. The highest BCUT2D eigenvalue weighted by atomic mass is 16.5. The van der Waals surface area contributed by atoms with Gasteiger partial charge in [0.1, 0.15) is 6.04 Å². The van der Waals surface area contributed by atoms with E-state index in [0.29, 0.717) is 38.6 Å². The molecule has 0 spiro atoms.